The van der Waals surface area contributed by atoms with Crippen LogP contribution in [0.2, 0.25) is 0 Å². The highest BCUT2D eigenvalue weighted by Crippen LogP contribution is 2.31. The first-order valence-electron chi connectivity index (χ1n) is 8.27. The Morgan fingerprint density at radius 2 is 1.86 bits per heavy atom. The van der Waals surface area contributed by atoms with Crippen LogP contribution in [-0.4, -0.2) is 30.8 Å². The molecule has 8 nitrogen and oxygen atoms in total. The number of aryl methyl sites for hydroxylation is 1. The molecule has 0 unspecified atom stereocenters. The van der Waals surface area contributed by atoms with E-state index in [4.69, 9.17) is 0 Å². The van der Waals surface area contributed by atoms with E-state index in [0.717, 1.165) is 6.92 Å². The molecule has 10 heteroatoms. The van der Waals surface area contributed by atoms with Gasteiger partial charge < -0.3 is 10.6 Å². The van der Waals surface area contributed by atoms with Gasteiger partial charge in [0.1, 0.15) is 11.6 Å². The van der Waals surface area contributed by atoms with Gasteiger partial charge in [-0.3, -0.25) is 14.8 Å². The molecular weight excluding hydrogens is 368 g/mol. The van der Waals surface area contributed by atoms with Gasteiger partial charge in [-0.15, -0.1) is 0 Å². The molecule has 0 radical (unpaired) electrons. The average Bonchev–Trinajstić information content (AvgIpc) is 2.61. The third kappa shape index (κ3) is 4.58. The van der Waals surface area contributed by atoms with Crippen molar-refractivity contribution >= 4 is 23.2 Å². The highest BCUT2D eigenvalue weighted by molar-refractivity contribution is 5.89. The summed E-state index contributed by atoms with van der Waals surface area (Å²) in [5.41, 5.74) is 1.91. The third-order valence-corrected chi connectivity index (χ3v) is 3.56. The number of anilines is 3. The molecule has 2 N–H and O–H groups in total. The van der Waals surface area contributed by atoms with E-state index in [-0.39, 0.29) is 17.5 Å². The number of aromatic nitrogens is 5. The molecule has 0 bridgehead atoms. The van der Waals surface area contributed by atoms with E-state index in [1.165, 1.54) is 37.8 Å². The van der Waals surface area contributed by atoms with Gasteiger partial charge in [0, 0.05) is 55.8 Å². The number of nitrogens with one attached hydrogen (secondary N) is 2. The largest absolute Gasteiger partial charge is 0.339 e. The molecule has 0 saturated heterocycles. The van der Waals surface area contributed by atoms with Crippen LogP contribution in [0.15, 0.2) is 36.9 Å². The van der Waals surface area contributed by atoms with Gasteiger partial charge in [0.2, 0.25) is 11.7 Å². The fourth-order valence-electron chi connectivity index (χ4n) is 2.42. The van der Waals surface area contributed by atoms with E-state index >= 15 is 0 Å². The number of hydrogen-bond acceptors (Lipinski definition) is 7. The number of halogens is 2. The normalized spacial score (nSPS) is 11.2. The van der Waals surface area contributed by atoms with Crippen LogP contribution < -0.4 is 10.6 Å². The minimum Gasteiger partial charge on any atom is -0.339 e. The monoisotopic (exact) mass is 385 g/mol. The zero-order valence-corrected chi connectivity index (χ0v) is 15.4. The van der Waals surface area contributed by atoms with Gasteiger partial charge in [-0.25, -0.2) is 15.0 Å². The summed E-state index contributed by atoms with van der Waals surface area (Å²) < 4.78 is 27.4. The standard InChI is InChI=1S/C18H17F2N7O/c1-10-6-16(27-17(24-10)18(3,19)20)26-13-7-15(25-11(2)28)23-8-12(13)14-9-21-4-5-22-14/h4-9H,1-3H3,(H2,23,24,25,26,27,28). The topological polar surface area (TPSA) is 106 Å². The zero-order valence-electron chi connectivity index (χ0n) is 15.4. The Morgan fingerprint density at radius 1 is 1.07 bits per heavy atom. The first-order valence-corrected chi connectivity index (χ1v) is 8.27. The summed E-state index contributed by atoms with van der Waals surface area (Å²) >= 11 is 0. The second kappa shape index (κ2) is 7.59. The first kappa shape index (κ1) is 19.2. The number of amides is 1. The summed E-state index contributed by atoms with van der Waals surface area (Å²) in [7, 11) is 0. The maximum Gasteiger partial charge on any atom is 0.303 e. The Labute approximate surface area is 159 Å². The fraction of sp³-hybridized carbons (Fsp3) is 0.222. The van der Waals surface area contributed by atoms with Crippen LogP contribution in [0.5, 0.6) is 0 Å². The van der Waals surface area contributed by atoms with Gasteiger partial charge in [-0.05, 0) is 6.92 Å². The van der Waals surface area contributed by atoms with E-state index in [1.54, 1.807) is 13.0 Å². The number of hydrogen-bond donors (Lipinski definition) is 2. The van der Waals surface area contributed by atoms with Gasteiger partial charge >= 0.3 is 5.92 Å². The van der Waals surface area contributed by atoms with Crippen LogP contribution in [0.25, 0.3) is 11.3 Å². The van der Waals surface area contributed by atoms with Crippen LogP contribution in [0, 0.1) is 6.92 Å². The quantitative estimate of drug-likeness (QED) is 0.693. The number of pyridine rings is 1. The summed E-state index contributed by atoms with van der Waals surface area (Å²) in [6.45, 7) is 3.69. The zero-order chi connectivity index (χ0) is 20.3. The Morgan fingerprint density at radius 3 is 2.50 bits per heavy atom. The van der Waals surface area contributed by atoms with Gasteiger partial charge in [-0.2, -0.15) is 8.78 Å². The Hall–Kier alpha value is -3.56. The molecule has 0 aliphatic carbocycles. The molecule has 3 aromatic heterocycles. The Kier molecular flexibility index (Phi) is 5.21. The fourth-order valence-corrected chi connectivity index (χ4v) is 2.42. The highest BCUT2D eigenvalue weighted by atomic mass is 19.3. The van der Waals surface area contributed by atoms with E-state index < -0.39 is 11.7 Å². The summed E-state index contributed by atoms with van der Waals surface area (Å²) in [5.74, 6) is -3.61. The summed E-state index contributed by atoms with van der Waals surface area (Å²) in [6.07, 6.45) is 6.09. The van der Waals surface area contributed by atoms with Crippen molar-refractivity contribution in [1.29, 1.82) is 0 Å². The number of nitrogens with zero attached hydrogens (tertiary/aromatic N) is 5. The summed E-state index contributed by atoms with van der Waals surface area (Å²) in [5, 5.41) is 5.57. The smallest absolute Gasteiger partial charge is 0.303 e. The van der Waals surface area contributed by atoms with Gasteiger partial charge in [-0.1, -0.05) is 0 Å². The molecule has 3 rings (SSSR count). The van der Waals surface area contributed by atoms with Crippen molar-refractivity contribution in [2.45, 2.75) is 26.7 Å². The lowest BCUT2D eigenvalue weighted by molar-refractivity contribution is -0.114. The van der Waals surface area contributed by atoms with Crippen molar-refractivity contribution in [3.05, 3.63) is 48.4 Å². The maximum atomic E-state index is 13.7. The minimum absolute atomic E-state index is 0.175. The molecule has 144 valence electrons. The lowest BCUT2D eigenvalue weighted by Crippen LogP contribution is -2.14. The Bertz CT molecular complexity index is 1010. The molecule has 28 heavy (non-hydrogen) atoms. The molecule has 0 aromatic carbocycles. The number of rotatable bonds is 5. The maximum absolute atomic E-state index is 13.7. The molecule has 0 saturated carbocycles. The van der Waals surface area contributed by atoms with E-state index in [1.807, 2.05) is 0 Å². The van der Waals surface area contributed by atoms with Crippen LogP contribution >= 0.6 is 0 Å². The van der Waals surface area contributed by atoms with Crippen molar-refractivity contribution in [2.24, 2.45) is 0 Å². The lowest BCUT2D eigenvalue weighted by Gasteiger charge is -2.15. The molecule has 3 heterocycles. The van der Waals surface area contributed by atoms with Gasteiger partial charge in [0.05, 0.1) is 17.6 Å². The van der Waals surface area contributed by atoms with Gasteiger partial charge in [0.25, 0.3) is 0 Å². The van der Waals surface area contributed by atoms with Gasteiger partial charge in [0.15, 0.2) is 0 Å². The molecule has 0 aliphatic heterocycles. The molecule has 0 atom stereocenters. The first-order chi connectivity index (χ1) is 13.2. The van der Waals surface area contributed by atoms with Crippen molar-refractivity contribution in [3.63, 3.8) is 0 Å². The minimum atomic E-state index is -3.18. The van der Waals surface area contributed by atoms with Crippen molar-refractivity contribution < 1.29 is 13.6 Å². The predicted octanol–water partition coefficient (Wildman–Crippen LogP) is 3.45. The van der Waals surface area contributed by atoms with Crippen molar-refractivity contribution in [2.75, 3.05) is 10.6 Å². The second-order valence-electron chi connectivity index (χ2n) is 6.12. The molecule has 0 spiro atoms. The predicted molar refractivity (Wildman–Crippen MR) is 99.2 cm³/mol. The SMILES string of the molecule is CC(=O)Nc1cc(Nc2cc(C)nc(C(C)(F)F)n2)c(-c2cnccn2)cn1. The van der Waals surface area contributed by atoms with Crippen LogP contribution in [0.4, 0.5) is 26.1 Å². The summed E-state index contributed by atoms with van der Waals surface area (Å²) in [6, 6.07) is 3.10. The molecule has 0 fully saturated rings. The molecule has 0 aliphatic rings. The van der Waals surface area contributed by atoms with Crippen molar-refractivity contribution in [1.82, 2.24) is 24.9 Å². The van der Waals surface area contributed by atoms with Crippen LogP contribution in [0.1, 0.15) is 25.4 Å². The molecular formula is C18H17F2N7O. The Balaban J connectivity index is 2.06. The number of carbonyl (C=O) groups excluding carboxylic acids is 1. The van der Waals surface area contributed by atoms with E-state index in [0.29, 0.717) is 22.6 Å². The molecule has 1 amide bonds. The highest BCUT2D eigenvalue weighted by Gasteiger charge is 2.29. The summed E-state index contributed by atoms with van der Waals surface area (Å²) in [4.78, 5) is 31.5. The van der Waals surface area contributed by atoms with Crippen LogP contribution in [0.3, 0.4) is 0 Å². The number of alkyl halides is 2. The third-order valence-electron chi connectivity index (χ3n) is 3.56. The van der Waals surface area contributed by atoms with E-state index in [2.05, 4.69) is 35.6 Å². The van der Waals surface area contributed by atoms with Crippen molar-refractivity contribution in [3.8, 4) is 11.3 Å². The lowest BCUT2D eigenvalue weighted by atomic mass is 10.1. The second-order valence-corrected chi connectivity index (χ2v) is 6.12. The number of carbonyl (C=O) groups is 1. The van der Waals surface area contributed by atoms with E-state index in [9.17, 15) is 13.6 Å². The molecule has 3 aromatic rings. The average molecular weight is 385 g/mol. The van der Waals surface area contributed by atoms with Crippen LogP contribution in [-0.2, 0) is 10.7 Å².